The summed E-state index contributed by atoms with van der Waals surface area (Å²) in [5.41, 5.74) is 2.46. The predicted molar refractivity (Wildman–Crippen MR) is 91.8 cm³/mol. The summed E-state index contributed by atoms with van der Waals surface area (Å²) in [7, 11) is 0. The molecule has 4 nitrogen and oxygen atoms in total. The normalized spacial score (nSPS) is 16.9. The molecule has 1 aliphatic rings. The van der Waals surface area contributed by atoms with Crippen LogP contribution in [0.4, 0.5) is 5.69 Å². The Labute approximate surface area is 134 Å². The second-order valence-electron chi connectivity index (χ2n) is 6.26. The Morgan fingerprint density at radius 2 is 1.95 bits per heavy atom. The van der Waals surface area contributed by atoms with Crippen LogP contribution >= 0.6 is 0 Å². The fourth-order valence-electron chi connectivity index (χ4n) is 2.52. The van der Waals surface area contributed by atoms with Crippen molar-refractivity contribution in [3.8, 4) is 5.75 Å². The van der Waals surface area contributed by atoms with Gasteiger partial charge in [0.25, 0.3) is 0 Å². The van der Waals surface area contributed by atoms with Gasteiger partial charge in [0.1, 0.15) is 5.75 Å². The molecule has 1 heterocycles. The van der Waals surface area contributed by atoms with Gasteiger partial charge < -0.3 is 19.7 Å². The van der Waals surface area contributed by atoms with E-state index >= 15 is 0 Å². The second-order valence-corrected chi connectivity index (χ2v) is 6.26. The highest BCUT2D eigenvalue weighted by atomic mass is 16.5. The van der Waals surface area contributed by atoms with Crippen LogP contribution in [0, 0.1) is 0 Å². The molecule has 0 radical (unpaired) electrons. The highest BCUT2D eigenvalue weighted by Crippen LogP contribution is 2.31. The number of ether oxygens (including phenoxy) is 2. The lowest BCUT2D eigenvalue weighted by Crippen LogP contribution is -2.36. The zero-order valence-corrected chi connectivity index (χ0v) is 14.4. The maximum atomic E-state index is 6.06. The monoisotopic (exact) mass is 306 g/mol. The van der Waals surface area contributed by atoms with Crippen molar-refractivity contribution in [2.45, 2.75) is 52.8 Å². The smallest absolute Gasteiger partial charge is 0.143 e. The molecule has 0 aromatic heterocycles. The number of morpholine rings is 1. The summed E-state index contributed by atoms with van der Waals surface area (Å²) in [5.74, 6) is 0.986. The summed E-state index contributed by atoms with van der Waals surface area (Å²) in [4.78, 5) is 2.35. The topological polar surface area (TPSA) is 33.7 Å². The van der Waals surface area contributed by atoms with Crippen molar-refractivity contribution in [2.75, 3.05) is 31.2 Å². The van der Waals surface area contributed by atoms with E-state index in [1.807, 2.05) is 0 Å². The Morgan fingerprint density at radius 3 is 2.59 bits per heavy atom. The Hall–Kier alpha value is -1.26. The zero-order valence-electron chi connectivity index (χ0n) is 14.4. The van der Waals surface area contributed by atoms with E-state index in [9.17, 15) is 0 Å². The fraction of sp³-hybridized carbons (Fsp3) is 0.667. The lowest BCUT2D eigenvalue weighted by molar-refractivity contribution is 0.122. The molecule has 0 aliphatic carbocycles. The van der Waals surface area contributed by atoms with Gasteiger partial charge in [0.15, 0.2) is 0 Å². The number of hydrogen-bond acceptors (Lipinski definition) is 4. The SMILES string of the molecule is CCC(C)NCc1ccc(N2CCOCC2)c(OC(C)C)c1. The molecule has 1 N–H and O–H groups in total. The molecule has 4 heteroatoms. The highest BCUT2D eigenvalue weighted by molar-refractivity contribution is 5.60. The van der Waals surface area contributed by atoms with Crippen LogP contribution in [0.3, 0.4) is 0 Å². The number of rotatable bonds is 7. The molecule has 2 rings (SSSR count). The van der Waals surface area contributed by atoms with E-state index in [1.165, 1.54) is 11.3 Å². The molecule has 124 valence electrons. The van der Waals surface area contributed by atoms with Crippen LogP contribution in [-0.2, 0) is 11.3 Å². The Balaban J connectivity index is 2.14. The average molecular weight is 306 g/mol. The molecule has 0 spiro atoms. The first kappa shape index (κ1) is 17.1. The maximum absolute atomic E-state index is 6.06. The van der Waals surface area contributed by atoms with Crippen LogP contribution in [0.15, 0.2) is 18.2 Å². The van der Waals surface area contributed by atoms with Crippen LogP contribution in [0.2, 0.25) is 0 Å². The second kappa shape index (κ2) is 8.39. The molecule has 1 saturated heterocycles. The van der Waals surface area contributed by atoms with E-state index in [0.29, 0.717) is 6.04 Å². The third kappa shape index (κ3) is 4.89. The van der Waals surface area contributed by atoms with Crippen LogP contribution in [0.25, 0.3) is 0 Å². The predicted octanol–water partition coefficient (Wildman–Crippen LogP) is 3.20. The van der Waals surface area contributed by atoms with Gasteiger partial charge >= 0.3 is 0 Å². The van der Waals surface area contributed by atoms with Crippen molar-refractivity contribution >= 4 is 5.69 Å². The zero-order chi connectivity index (χ0) is 15.9. The minimum atomic E-state index is 0.178. The minimum absolute atomic E-state index is 0.178. The van der Waals surface area contributed by atoms with Crippen molar-refractivity contribution in [1.82, 2.24) is 5.32 Å². The lowest BCUT2D eigenvalue weighted by atomic mass is 10.1. The summed E-state index contributed by atoms with van der Waals surface area (Å²) in [5, 5.41) is 3.54. The van der Waals surface area contributed by atoms with Gasteiger partial charge in [-0.3, -0.25) is 0 Å². The first-order valence-corrected chi connectivity index (χ1v) is 8.45. The van der Waals surface area contributed by atoms with Gasteiger partial charge in [-0.2, -0.15) is 0 Å². The highest BCUT2D eigenvalue weighted by Gasteiger charge is 2.17. The lowest BCUT2D eigenvalue weighted by Gasteiger charge is -2.31. The summed E-state index contributed by atoms with van der Waals surface area (Å²) < 4.78 is 11.5. The first-order valence-electron chi connectivity index (χ1n) is 8.45. The molecule has 1 fully saturated rings. The molecule has 0 amide bonds. The third-order valence-corrected chi connectivity index (χ3v) is 4.01. The van der Waals surface area contributed by atoms with Crippen LogP contribution < -0.4 is 15.0 Å². The quantitative estimate of drug-likeness (QED) is 0.839. The fourth-order valence-corrected chi connectivity index (χ4v) is 2.52. The van der Waals surface area contributed by atoms with E-state index < -0.39 is 0 Å². The van der Waals surface area contributed by atoms with Crippen LogP contribution in [0.5, 0.6) is 5.75 Å². The molecule has 0 bridgehead atoms. The minimum Gasteiger partial charge on any atom is -0.489 e. The molecule has 1 aromatic rings. The van der Waals surface area contributed by atoms with Crippen molar-refractivity contribution in [3.63, 3.8) is 0 Å². The van der Waals surface area contributed by atoms with Crippen molar-refractivity contribution in [1.29, 1.82) is 0 Å². The Bertz CT molecular complexity index is 456. The summed E-state index contributed by atoms with van der Waals surface area (Å²) in [6.07, 6.45) is 1.32. The number of nitrogens with zero attached hydrogens (tertiary/aromatic N) is 1. The molecule has 1 unspecified atom stereocenters. The van der Waals surface area contributed by atoms with Gasteiger partial charge in [-0.25, -0.2) is 0 Å². The van der Waals surface area contributed by atoms with Crippen LogP contribution in [-0.4, -0.2) is 38.4 Å². The van der Waals surface area contributed by atoms with Crippen molar-refractivity contribution < 1.29 is 9.47 Å². The number of nitrogens with one attached hydrogen (secondary N) is 1. The van der Waals surface area contributed by atoms with Crippen molar-refractivity contribution in [3.05, 3.63) is 23.8 Å². The van der Waals surface area contributed by atoms with E-state index in [1.54, 1.807) is 0 Å². The van der Waals surface area contributed by atoms with Gasteiger partial charge in [-0.05, 0) is 44.9 Å². The molecule has 22 heavy (non-hydrogen) atoms. The Morgan fingerprint density at radius 1 is 1.23 bits per heavy atom. The number of hydrogen-bond donors (Lipinski definition) is 1. The maximum Gasteiger partial charge on any atom is 0.143 e. The van der Waals surface area contributed by atoms with Gasteiger partial charge in [0, 0.05) is 25.7 Å². The van der Waals surface area contributed by atoms with E-state index in [4.69, 9.17) is 9.47 Å². The molecule has 1 atom stereocenters. The Kier molecular flexibility index (Phi) is 6.52. The summed E-state index contributed by atoms with van der Waals surface area (Å²) >= 11 is 0. The molecule has 1 aromatic carbocycles. The van der Waals surface area contributed by atoms with Crippen molar-refractivity contribution in [2.24, 2.45) is 0 Å². The third-order valence-electron chi connectivity index (χ3n) is 4.01. The van der Waals surface area contributed by atoms with Gasteiger partial charge in [-0.15, -0.1) is 0 Å². The largest absolute Gasteiger partial charge is 0.489 e. The number of benzene rings is 1. The molecular weight excluding hydrogens is 276 g/mol. The van der Waals surface area contributed by atoms with Gasteiger partial charge in [-0.1, -0.05) is 13.0 Å². The van der Waals surface area contributed by atoms with Gasteiger partial charge in [0.2, 0.25) is 0 Å². The van der Waals surface area contributed by atoms with E-state index in [2.05, 4.69) is 56.1 Å². The van der Waals surface area contributed by atoms with Gasteiger partial charge in [0.05, 0.1) is 25.0 Å². The average Bonchev–Trinajstić information content (AvgIpc) is 2.53. The number of anilines is 1. The molecular formula is C18H30N2O2. The summed E-state index contributed by atoms with van der Waals surface area (Å²) in [6.45, 7) is 12.9. The molecule has 0 saturated carbocycles. The molecule has 1 aliphatic heterocycles. The first-order chi connectivity index (χ1) is 10.6. The van der Waals surface area contributed by atoms with E-state index in [0.717, 1.165) is 45.0 Å². The van der Waals surface area contributed by atoms with Crippen LogP contribution in [0.1, 0.15) is 39.7 Å². The standard InChI is InChI=1S/C18H30N2O2/c1-5-15(4)19-13-16-6-7-17(18(12-16)22-14(2)3)20-8-10-21-11-9-20/h6-7,12,14-15,19H,5,8-11,13H2,1-4H3. The van der Waals surface area contributed by atoms with E-state index in [-0.39, 0.29) is 6.10 Å². The summed E-state index contributed by atoms with van der Waals surface area (Å²) in [6, 6.07) is 7.11.